The molecule has 0 atom stereocenters. The molecule has 0 amide bonds. The van der Waals surface area contributed by atoms with Crippen molar-refractivity contribution in [2.75, 3.05) is 11.9 Å². The van der Waals surface area contributed by atoms with Gasteiger partial charge >= 0.3 is 5.97 Å². The van der Waals surface area contributed by atoms with Gasteiger partial charge in [0.1, 0.15) is 0 Å². The topological polar surface area (TPSA) is 38.3 Å². The first-order valence-electron chi connectivity index (χ1n) is 5.27. The first-order valence-corrected chi connectivity index (χ1v) is 6.07. The third-order valence-electron chi connectivity index (χ3n) is 1.92. The van der Waals surface area contributed by atoms with Crippen molar-refractivity contribution < 1.29 is 9.53 Å². The molecule has 88 valence electrons. The Balaban J connectivity index is 2.86. The number of hydrogen-bond acceptors (Lipinski definition) is 3. The molecule has 0 bridgehead atoms. The third kappa shape index (κ3) is 3.52. The molecule has 0 spiro atoms. The minimum atomic E-state index is -0.292. The summed E-state index contributed by atoms with van der Waals surface area (Å²) in [6.07, 6.45) is 0. The van der Waals surface area contributed by atoms with Crippen LogP contribution in [0.3, 0.4) is 0 Å². The highest BCUT2D eigenvalue weighted by molar-refractivity contribution is 9.10. The van der Waals surface area contributed by atoms with Crippen molar-refractivity contribution in [3.63, 3.8) is 0 Å². The molecule has 0 unspecified atom stereocenters. The fourth-order valence-corrected chi connectivity index (χ4v) is 1.78. The van der Waals surface area contributed by atoms with Crippen LogP contribution in [0.25, 0.3) is 0 Å². The molecule has 0 aliphatic rings. The molecule has 1 N–H and O–H groups in total. The van der Waals surface area contributed by atoms with Gasteiger partial charge in [-0.15, -0.1) is 0 Å². The largest absolute Gasteiger partial charge is 0.462 e. The van der Waals surface area contributed by atoms with Gasteiger partial charge in [-0.05, 0) is 54.9 Å². The van der Waals surface area contributed by atoms with Gasteiger partial charge in [-0.2, -0.15) is 0 Å². The Bertz CT molecular complexity index is 377. The Morgan fingerprint density at radius 2 is 2.19 bits per heavy atom. The second-order valence-electron chi connectivity index (χ2n) is 3.71. The van der Waals surface area contributed by atoms with Gasteiger partial charge in [-0.1, -0.05) is 0 Å². The summed E-state index contributed by atoms with van der Waals surface area (Å²) in [7, 11) is 0. The number of halogens is 1. The first kappa shape index (κ1) is 13.0. The van der Waals surface area contributed by atoms with Crippen LogP contribution in [0.1, 0.15) is 31.1 Å². The second-order valence-corrected chi connectivity index (χ2v) is 4.57. The number of rotatable bonds is 4. The summed E-state index contributed by atoms with van der Waals surface area (Å²) in [5.74, 6) is -0.292. The van der Waals surface area contributed by atoms with Crippen molar-refractivity contribution in [3.05, 3.63) is 28.2 Å². The fraction of sp³-hybridized carbons (Fsp3) is 0.417. The standard InChI is InChI=1S/C12H16BrNO2/c1-4-16-12(15)9-5-6-11(10(13)7-9)14-8(2)3/h5-8,14H,4H2,1-3H3. The summed E-state index contributed by atoms with van der Waals surface area (Å²) in [5, 5.41) is 3.27. The van der Waals surface area contributed by atoms with Crippen molar-refractivity contribution in [2.45, 2.75) is 26.8 Å². The molecule has 1 aromatic carbocycles. The molecule has 4 heteroatoms. The zero-order valence-corrected chi connectivity index (χ0v) is 11.3. The quantitative estimate of drug-likeness (QED) is 0.862. The fourth-order valence-electron chi connectivity index (χ4n) is 1.28. The lowest BCUT2D eigenvalue weighted by molar-refractivity contribution is 0.0526. The summed E-state index contributed by atoms with van der Waals surface area (Å²) >= 11 is 3.42. The number of anilines is 1. The van der Waals surface area contributed by atoms with E-state index in [2.05, 4.69) is 35.1 Å². The van der Waals surface area contributed by atoms with E-state index in [9.17, 15) is 4.79 Å². The highest BCUT2D eigenvalue weighted by atomic mass is 79.9. The van der Waals surface area contributed by atoms with Gasteiger partial charge in [0.2, 0.25) is 0 Å². The Morgan fingerprint density at radius 1 is 1.50 bits per heavy atom. The SMILES string of the molecule is CCOC(=O)c1ccc(NC(C)C)c(Br)c1. The van der Waals surface area contributed by atoms with Gasteiger partial charge in [-0.3, -0.25) is 0 Å². The normalized spacial score (nSPS) is 10.3. The van der Waals surface area contributed by atoms with Crippen molar-refractivity contribution in [3.8, 4) is 0 Å². The van der Waals surface area contributed by atoms with Crippen LogP contribution in [0, 0.1) is 0 Å². The van der Waals surface area contributed by atoms with Crippen LogP contribution in [0.15, 0.2) is 22.7 Å². The molecular weight excluding hydrogens is 270 g/mol. The molecule has 1 rings (SSSR count). The number of carbonyl (C=O) groups excluding carboxylic acids is 1. The zero-order chi connectivity index (χ0) is 12.1. The number of benzene rings is 1. The minimum absolute atomic E-state index is 0.292. The molecule has 0 heterocycles. The van der Waals surface area contributed by atoms with E-state index < -0.39 is 0 Å². The van der Waals surface area contributed by atoms with Crippen LogP contribution in [0.2, 0.25) is 0 Å². The summed E-state index contributed by atoms with van der Waals surface area (Å²) in [6.45, 7) is 6.31. The first-order chi connectivity index (χ1) is 7.54. The number of carbonyl (C=O) groups is 1. The van der Waals surface area contributed by atoms with Crippen LogP contribution >= 0.6 is 15.9 Å². The number of nitrogens with one attached hydrogen (secondary N) is 1. The molecule has 16 heavy (non-hydrogen) atoms. The summed E-state index contributed by atoms with van der Waals surface area (Å²) < 4.78 is 5.79. The van der Waals surface area contributed by atoms with Crippen LogP contribution in [0.5, 0.6) is 0 Å². The minimum Gasteiger partial charge on any atom is -0.462 e. The van der Waals surface area contributed by atoms with Gasteiger partial charge in [0.25, 0.3) is 0 Å². The van der Waals surface area contributed by atoms with Gasteiger partial charge < -0.3 is 10.1 Å². The highest BCUT2D eigenvalue weighted by Crippen LogP contribution is 2.24. The molecule has 0 fully saturated rings. The molecule has 3 nitrogen and oxygen atoms in total. The lowest BCUT2D eigenvalue weighted by atomic mass is 10.2. The number of ether oxygens (including phenoxy) is 1. The van der Waals surface area contributed by atoms with E-state index in [0.29, 0.717) is 18.2 Å². The zero-order valence-electron chi connectivity index (χ0n) is 9.71. The summed E-state index contributed by atoms with van der Waals surface area (Å²) in [6, 6.07) is 5.75. The Hall–Kier alpha value is -1.03. The van der Waals surface area contributed by atoms with Crippen molar-refractivity contribution in [2.24, 2.45) is 0 Å². The van der Waals surface area contributed by atoms with E-state index >= 15 is 0 Å². The van der Waals surface area contributed by atoms with E-state index in [-0.39, 0.29) is 5.97 Å². The third-order valence-corrected chi connectivity index (χ3v) is 2.58. The Morgan fingerprint density at radius 3 is 2.69 bits per heavy atom. The molecular formula is C12H16BrNO2. The lowest BCUT2D eigenvalue weighted by Gasteiger charge is -2.12. The molecule has 0 saturated carbocycles. The van der Waals surface area contributed by atoms with Crippen LogP contribution < -0.4 is 5.32 Å². The van der Waals surface area contributed by atoms with Crippen LogP contribution in [0.4, 0.5) is 5.69 Å². The molecule has 1 aromatic rings. The molecule has 0 aliphatic carbocycles. The highest BCUT2D eigenvalue weighted by Gasteiger charge is 2.09. The average Bonchev–Trinajstić information content (AvgIpc) is 2.20. The summed E-state index contributed by atoms with van der Waals surface area (Å²) in [4.78, 5) is 11.5. The number of hydrogen-bond donors (Lipinski definition) is 1. The predicted octanol–water partition coefficient (Wildman–Crippen LogP) is 3.45. The number of esters is 1. The van der Waals surface area contributed by atoms with Crippen LogP contribution in [-0.2, 0) is 4.74 Å². The maximum Gasteiger partial charge on any atom is 0.338 e. The smallest absolute Gasteiger partial charge is 0.338 e. The lowest BCUT2D eigenvalue weighted by Crippen LogP contribution is -2.11. The van der Waals surface area contributed by atoms with Crippen molar-refractivity contribution in [1.82, 2.24) is 0 Å². The van der Waals surface area contributed by atoms with E-state index in [1.807, 2.05) is 6.07 Å². The maximum atomic E-state index is 11.5. The van der Waals surface area contributed by atoms with Crippen LogP contribution in [-0.4, -0.2) is 18.6 Å². The van der Waals surface area contributed by atoms with E-state index in [4.69, 9.17) is 4.74 Å². The molecule has 0 radical (unpaired) electrons. The van der Waals surface area contributed by atoms with Gasteiger partial charge in [0.05, 0.1) is 12.2 Å². The van der Waals surface area contributed by atoms with E-state index in [1.54, 1.807) is 19.1 Å². The van der Waals surface area contributed by atoms with Gasteiger partial charge in [0.15, 0.2) is 0 Å². The van der Waals surface area contributed by atoms with Crippen molar-refractivity contribution >= 4 is 27.6 Å². The molecule has 0 aliphatic heterocycles. The predicted molar refractivity (Wildman–Crippen MR) is 68.9 cm³/mol. The Labute approximate surface area is 104 Å². The molecule has 0 aromatic heterocycles. The van der Waals surface area contributed by atoms with Gasteiger partial charge in [-0.25, -0.2) is 4.79 Å². The average molecular weight is 286 g/mol. The maximum absolute atomic E-state index is 11.5. The van der Waals surface area contributed by atoms with E-state index in [1.165, 1.54) is 0 Å². The van der Waals surface area contributed by atoms with E-state index in [0.717, 1.165) is 10.2 Å². The molecule has 0 saturated heterocycles. The van der Waals surface area contributed by atoms with Gasteiger partial charge in [0, 0.05) is 16.2 Å². The van der Waals surface area contributed by atoms with Crippen molar-refractivity contribution in [1.29, 1.82) is 0 Å². The monoisotopic (exact) mass is 285 g/mol. The summed E-state index contributed by atoms with van der Waals surface area (Å²) in [5.41, 5.74) is 1.53. The second kappa shape index (κ2) is 5.89. The Kier molecular flexibility index (Phi) is 4.80.